The number of ether oxygens (including phenoxy) is 1. The fourth-order valence-electron chi connectivity index (χ4n) is 3.52. The van der Waals surface area contributed by atoms with E-state index in [1.807, 2.05) is 18.2 Å². The highest BCUT2D eigenvalue weighted by Gasteiger charge is 2.56. The van der Waals surface area contributed by atoms with Crippen molar-refractivity contribution in [3.8, 4) is 0 Å². The van der Waals surface area contributed by atoms with Crippen molar-refractivity contribution in [3.05, 3.63) is 30.3 Å². The number of hydrogen-bond donors (Lipinski definition) is 0. The fourth-order valence-corrected chi connectivity index (χ4v) is 6.07. The summed E-state index contributed by atoms with van der Waals surface area (Å²) < 4.78 is 12.7. The van der Waals surface area contributed by atoms with Gasteiger partial charge >= 0.3 is 5.97 Å². The molecule has 1 aliphatic carbocycles. The molecule has 3 nitrogen and oxygen atoms in total. The average molecular weight is 379 g/mol. The second-order valence-corrected chi connectivity index (χ2v) is 14.9. The first-order valence-electron chi connectivity index (χ1n) is 9.25. The zero-order valence-corrected chi connectivity index (χ0v) is 17.8. The van der Waals surface area contributed by atoms with Crippen molar-refractivity contribution in [2.75, 3.05) is 0 Å². The van der Waals surface area contributed by atoms with E-state index in [0.717, 1.165) is 30.6 Å². The van der Waals surface area contributed by atoms with Gasteiger partial charge in [0.15, 0.2) is 8.32 Å². The second-order valence-electron chi connectivity index (χ2n) is 8.87. The molecule has 0 radical (unpaired) electrons. The molecule has 0 unspecified atom stereocenters. The Morgan fingerprint density at radius 1 is 1.24 bits per heavy atom. The lowest BCUT2D eigenvalue weighted by atomic mass is 9.96. The number of carbonyl (C=O) groups excluding carboxylic acids is 1. The zero-order valence-electron chi connectivity index (χ0n) is 16.0. The van der Waals surface area contributed by atoms with Crippen LogP contribution in [0.25, 0.3) is 0 Å². The van der Waals surface area contributed by atoms with Crippen LogP contribution in [0.15, 0.2) is 35.2 Å². The molecule has 5 heteroatoms. The number of carbonyl (C=O) groups is 1. The number of rotatable bonds is 4. The first kappa shape index (κ1) is 19.0. The van der Waals surface area contributed by atoms with Gasteiger partial charge in [-0.05, 0) is 49.5 Å². The van der Waals surface area contributed by atoms with Crippen LogP contribution in [-0.2, 0) is 14.0 Å². The maximum Gasteiger partial charge on any atom is 0.320 e. The lowest BCUT2D eigenvalue weighted by molar-refractivity contribution is -0.154. The van der Waals surface area contributed by atoms with Gasteiger partial charge in [0.2, 0.25) is 0 Å². The Labute approximate surface area is 157 Å². The molecule has 25 heavy (non-hydrogen) atoms. The topological polar surface area (TPSA) is 35.5 Å². The summed E-state index contributed by atoms with van der Waals surface area (Å²) in [5.41, 5.74) is -0.404. The summed E-state index contributed by atoms with van der Waals surface area (Å²) in [6, 6.07) is 10.1. The molecule has 1 aromatic carbocycles. The molecule has 0 aromatic heterocycles. The molecule has 0 amide bonds. The van der Waals surface area contributed by atoms with E-state index in [1.54, 1.807) is 11.8 Å². The molecule has 1 saturated carbocycles. The van der Waals surface area contributed by atoms with Crippen LogP contribution < -0.4 is 0 Å². The van der Waals surface area contributed by atoms with Crippen LogP contribution in [0, 0.1) is 0 Å². The molecule has 2 fully saturated rings. The van der Waals surface area contributed by atoms with E-state index >= 15 is 0 Å². The summed E-state index contributed by atoms with van der Waals surface area (Å²) in [6.45, 7) is 11.3. The molecule has 0 N–H and O–H groups in total. The zero-order chi connectivity index (χ0) is 18.3. The van der Waals surface area contributed by atoms with Gasteiger partial charge in [-0.1, -0.05) is 39.0 Å². The Kier molecular flexibility index (Phi) is 5.12. The van der Waals surface area contributed by atoms with E-state index in [-0.39, 0.29) is 22.4 Å². The lowest BCUT2D eigenvalue weighted by Crippen LogP contribution is -2.50. The third kappa shape index (κ3) is 3.83. The number of benzene rings is 1. The van der Waals surface area contributed by atoms with Gasteiger partial charge in [0.05, 0.1) is 6.10 Å². The molecule has 138 valence electrons. The van der Waals surface area contributed by atoms with Crippen molar-refractivity contribution in [2.24, 2.45) is 0 Å². The highest BCUT2D eigenvalue weighted by atomic mass is 32.2. The molecule has 3 rings (SSSR count). The predicted octanol–water partition coefficient (Wildman–Crippen LogP) is 5.41. The molecule has 1 aromatic rings. The number of hydrogen-bond acceptors (Lipinski definition) is 4. The molecule has 2 aliphatic rings. The normalized spacial score (nSPS) is 30.0. The molecule has 3 atom stereocenters. The maximum absolute atomic E-state index is 12.6. The van der Waals surface area contributed by atoms with Gasteiger partial charge < -0.3 is 9.16 Å². The van der Waals surface area contributed by atoms with Crippen molar-refractivity contribution in [3.63, 3.8) is 0 Å². The minimum Gasteiger partial charge on any atom is -0.455 e. The van der Waals surface area contributed by atoms with Crippen molar-refractivity contribution < 1.29 is 14.0 Å². The summed E-state index contributed by atoms with van der Waals surface area (Å²) >= 11 is 1.63. The monoisotopic (exact) mass is 378 g/mol. The van der Waals surface area contributed by atoms with Crippen LogP contribution in [0.2, 0.25) is 18.1 Å². The highest BCUT2D eigenvalue weighted by molar-refractivity contribution is 8.00. The van der Waals surface area contributed by atoms with Crippen LogP contribution in [0.5, 0.6) is 0 Å². The molecule has 1 heterocycles. The molecule has 1 saturated heterocycles. The number of thioether (sulfide) groups is 1. The van der Waals surface area contributed by atoms with E-state index in [2.05, 4.69) is 46.0 Å². The van der Waals surface area contributed by atoms with Crippen molar-refractivity contribution in [1.29, 1.82) is 0 Å². The highest BCUT2D eigenvalue weighted by Crippen LogP contribution is 2.49. The average Bonchev–Trinajstić information content (AvgIpc) is 3.03. The van der Waals surface area contributed by atoms with Gasteiger partial charge in [0.1, 0.15) is 10.9 Å². The van der Waals surface area contributed by atoms with Crippen LogP contribution in [0.3, 0.4) is 0 Å². The van der Waals surface area contributed by atoms with E-state index in [4.69, 9.17) is 9.16 Å². The first-order chi connectivity index (χ1) is 11.6. The fraction of sp³-hybridized carbons (Fsp3) is 0.650. The Balaban J connectivity index is 1.74. The standard InChI is InChI=1S/C20H30O3SSi/c1-19(2,3)25(4,5)23-17-12-9-13-20(17)14-16(18(21)22-20)24-15-10-7-6-8-11-15/h6-8,10-11,16-17H,9,12-14H2,1-5H3/t16-,17-,20-/m0/s1. The molecule has 1 aliphatic heterocycles. The largest absolute Gasteiger partial charge is 0.455 e. The summed E-state index contributed by atoms with van der Waals surface area (Å²) in [6.07, 6.45) is 3.84. The van der Waals surface area contributed by atoms with Crippen molar-refractivity contribution in [1.82, 2.24) is 0 Å². The lowest BCUT2D eigenvalue weighted by Gasteiger charge is -2.42. The smallest absolute Gasteiger partial charge is 0.320 e. The molecular weight excluding hydrogens is 348 g/mol. The third-order valence-corrected chi connectivity index (χ3v) is 11.7. The Morgan fingerprint density at radius 3 is 2.56 bits per heavy atom. The summed E-state index contributed by atoms with van der Waals surface area (Å²) in [4.78, 5) is 13.7. The maximum atomic E-state index is 12.6. The predicted molar refractivity (Wildman–Crippen MR) is 105 cm³/mol. The van der Waals surface area contributed by atoms with Crippen LogP contribution in [0.1, 0.15) is 46.5 Å². The summed E-state index contributed by atoms with van der Waals surface area (Å²) in [5, 5.41) is 0.0448. The first-order valence-corrected chi connectivity index (χ1v) is 13.0. The molecule has 0 bridgehead atoms. The summed E-state index contributed by atoms with van der Waals surface area (Å²) in [7, 11) is -1.88. The van der Waals surface area contributed by atoms with Crippen LogP contribution >= 0.6 is 11.8 Å². The molecule has 1 spiro atoms. The van der Waals surface area contributed by atoms with Gasteiger partial charge in [-0.3, -0.25) is 4.79 Å². The minimum atomic E-state index is -1.88. The van der Waals surface area contributed by atoms with Gasteiger partial charge in [-0.25, -0.2) is 0 Å². The molecular formula is C20H30O3SSi. The summed E-state index contributed by atoms with van der Waals surface area (Å²) in [5.74, 6) is -0.0698. The van der Waals surface area contributed by atoms with Gasteiger partial charge in [0, 0.05) is 11.3 Å². The van der Waals surface area contributed by atoms with Crippen LogP contribution in [0.4, 0.5) is 0 Å². The quantitative estimate of drug-likeness (QED) is 0.518. The van der Waals surface area contributed by atoms with Gasteiger partial charge in [-0.15, -0.1) is 11.8 Å². The van der Waals surface area contributed by atoms with Crippen LogP contribution in [-0.4, -0.2) is 31.2 Å². The van der Waals surface area contributed by atoms with Gasteiger partial charge in [-0.2, -0.15) is 0 Å². The minimum absolute atomic E-state index is 0.0544. The Hall–Kier alpha value is -0.783. The SMILES string of the molecule is CC(C)(C)[Si](C)(C)O[C@H]1CCC[C@]12C[C@H](Sc1ccccc1)C(=O)O2. The Bertz CT molecular complexity index is 626. The van der Waals surface area contributed by atoms with Gasteiger partial charge in [0.25, 0.3) is 0 Å². The van der Waals surface area contributed by atoms with E-state index < -0.39 is 13.9 Å². The van der Waals surface area contributed by atoms with Crippen molar-refractivity contribution in [2.45, 2.75) is 86.4 Å². The Morgan fingerprint density at radius 2 is 1.92 bits per heavy atom. The van der Waals surface area contributed by atoms with Crippen molar-refractivity contribution >= 4 is 26.0 Å². The van der Waals surface area contributed by atoms with E-state index in [9.17, 15) is 4.79 Å². The van der Waals surface area contributed by atoms with E-state index in [1.165, 1.54) is 0 Å². The second kappa shape index (κ2) is 6.75. The third-order valence-electron chi connectivity index (χ3n) is 6.02. The number of esters is 1. The van der Waals surface area contributed by atoms with E-state index in [0.29, 0.717) is 0 Å².